The van der Waals surface area contributed by atoms with Gasteiger partial charge in [0, 0.05) is 36.8 Å². The van der Waals surface area contributed by atoms with E-state index in [9.17, 15) is 14.7 Å². The van der Waals surface area contributed by atoms with Gasteiger partial charge < -0.3 is 20.1 Å². The summed E-state index contributed by atoms with van der Waals surface area (Å²) in [5, 5.41) is 12.1. The van der Waals surface area contributed by atoms with E-state index in [1.807, 2.05) is 6.92 Å². The molecular formula is C17H21N3O4. The number of ketones is 1. The molecule has 128 valence electrons. The first kappa shape index (κ1) is 17.7. The maximum Gasteiger partial charge on any atom is 0.321 e. The van der Waals surface area contributed by atoms with Crippen molar-refractivity contribution in [2.45, 2.75) is 25.8 Å². The number of aromatic nitrogens is 2. The second-order valence-electron chi connectivity index (χ2n) is 5.26. The fourth-order valence-corrected chi connectivity index (χ4v) is 2.27. The van der Waals surface area contributed by atoms with Gasteiger partial charge in [0.2, 0.25) is 0 Å². The van der Waals surface area contributed by atoms with Gasteiger partial charge in [0.05, 0.1) is 12.9 Å². The summed E-state index contributed by atoms with van der Waals surface area (Å²) in [5.41, 5.74) is 1.31. The molecule has 3 N–H and O–H groups in total. The maximum absolute atomic E-state index is 12.1. The fourth-order valence-electron chi connectivity index (χ4n) is 2.27. The summed E-state index contributed by atoms with van der Waals surface area (Å²) in [6.45, 7) is 2.76. The van der Waals surface area contributed by atoms with E-state index in [4.69, 9.17) is 4.74 Å². The molecule has 24 heavy (non-hydrogen) atoms. The highest BCUT2D eigenvalue weighted by Gasteiger charge is 2.18. The molecule has 1 atom stereocenters. The number of aromatic amines is 1. The van der Waals surface area contributed by atoms with Gasteiger partial charge in [-0.2, -0.15) is 0 Å². The minimum Gasteiger partial charge on any atom is -0.494 e. The number of imidazole rings is 1. The minimum absolute atomic E-state index is 0.0452. The number of aliphatic carboxylic acids is 1. The highest BCUT2D eigenvalue weighted by Crippen LogP contribution is 2.13. The van der Waals surface area contributed by atoms with Crippen LogP contribution in [-0.2, 0) is 11.2 Å². The lowest BCUT2D eigenvalue weighted by atomic mass is 10.1. The average molecular weight is 331 g/mol. The van der Waals surface area contributed by atoms with Gasteiger partial charge >= 0.3 is 5.97 Å². The topological polar surface area (TPSA) is 104 Å². The lowest BCUT2D eigenvalue weighted by Crippen LogP contribution is -2.39. The number of carboxylic acids is 1. The molecule has 0 saturated heterocycles. The molecular weight excluding hydrogens is 310 g/mol. The Balaban J connectivity index is 1.82. The molecule has 7 heteroatoms. The van der Waals surface area contributed by atoms with Crippen molar-refractivity contribution >= 4 is 11.8 Å². The lowest BCUT2D eigenvalue weighted by Gasteiger charge is -2.13. The second-order valence-corrected chi connectivity index (χ2v) is 5.26. The predicted octanol–water partition coefficient (Wildman–Crippen LogP) is 1.67. The number of rotatable bonds is 10. The Hall–Kier alpha value is -2.67. The van der Waals surface area contributed by atoms with Gasteiger partial charge in [-0.25, -0.2) is 4.98 Å². The molecule has 0 aliphatic carbocycles. The summed E-state index contributed by atoms with van der Waals surface area (Å²) in [6, 6.07) is 6.17. The van der Waals surface area contributed by atoms with Crippen molar-refractivity contribution in [1.82, 2.24) is 15.3 Å². The van der Waals surface area contributed by atoms with Crippen LogP contribution in [-0.4, -0.2) is 46.0 Å². The van der Waals surface area contributed by atoms with E-state index in [2.05, 4.69) is 15.3 Å². The molecule has 1 aromatic heterocycles. The number of Topliss-reactive ketones (excluding diaryl/α,β-unsaturated/α-hetero) is 1. The van der Waals surface area contributed by atoms with Crippen LogP contribution in [0.2, 0.25) is 0 Å². The summed E-state index contributed by atoms with van der Waals surface area (Å²) in [7, 11) is 0. The summed E-state index contributed by atoms with van der Waals surface area (Å²) >= 11 is 0. The normalized spacial score (nSPS) is 11.9. The third-order valence-electron chi connectivity index (χ3n) is 3.51. The molecule has 7 nitrogen and oxygen atoms in total. The zero-order valence-electron chi connectivity index (χ0n) is 13.5. The molecule has 2 aromatic rings. The van der Waals surface area contributed by atoms with Crippen LogP contribution in [0.1, 0.15) is 29.4 Å². The van der Waals surface area contributed by atoms with Crippen LogP contribution in [0, 0.1) is 0 Å². The Morgan fingerprint density at radius 2 is 2.08 bits per heavy atom. The van der Waals surface area contributed by atoms with Crippen molar-refractivity contribution in [2.75, 3.05) is 13.2 Å². The van der Waals surface area contributed by atoms with Gasteiger partial charge in [0.1, 0.15) is 11.8 Å². The first-order valence-electron chi connectivity index (χ1n) is 7.79. The van der Waals surface area contributed by atoms with Crippen LogP contribution in [0.25, 0.3) is 0 Å². The van der Waals surface area contributed by atoms with Gasteiger partial charge in [-0.1, -0.05) is 0 Å². The molecule has 1 aromatic carbocycles. The summed E-state index contributed by atoms with van der Waals surface area (Å²) in [6.07, 6.45) is 3.60. The fraction of sp³-hybridized carbons (Fsp3) is 0.353. The zero-order valence-corrected chi connectivity index (χ0v) is 13.5. The maximum atomic E-state index is 12.1. The van der Waals surface area contributed by atoms with Gasteiger partial charge in [-0.15, -0.1) is 0 Å². The number of hydrogen-bond donors (Lipinski definition) is 3. The Morgan fingerprint density at radius 1 is 1.33 bits per heavy atom. The second kappa shape index (κ2) is 8.83. The molecule has 0 unspecified atom stereocenters. The van der Waals surface area contributed by atoms with E-state index < -0.39 is 12.0 Å². The van der Waals surface area contributed by atoms with Crippen LogP contribution >= 0.6 is 0 Å². The number of carboxylic acid groups (broad SMARTS) is 1. The van der Waals surface area contributed by atoms with Crippen LogP contribution in [0.4, 0.5) is 0 Å². The Bertz CT molecular complexity index is 653. The van der Waals surface area contributed by atoms with Gasteiger partial charge in [-0.05, 0) is 31.2 Å². The van der Waals surface area contributed by atoms with Gasteiger partial charge in [-0.3, -0.25) is 9.59 Å². The van der Waals surface area contributed by atoms with Crippen LogP contribution in [0.3, 0.4) is 0 Å². The molecule has 0 radical (unpaired) electrons. The number of carbonyl (C=O) groups is 2. The SMILES string of the molecule is CCOc1ccc(C(=O)CCN[C@H](Cc2cnc[nH]2)C(=O)O)cc1. The highest BCUT2D eigenvalue weighted by atomic mass is 16.5. The van der Waals surface area contributed by atoms with Crippen LogP contribution in [0.15, 0.2) is 36.8 Å². The van der Waals surface area contributed by atoms with Crippen molar-refractivity contribution in [3.05, 3.63) is 48.0 Å². The third kappa shape index (κ3) is 5.20. The van der Waals surface area contributed by atoms with Crippen LogP contribution in [0.5, 0.6) is 5.75 Å². The Kier molecular flexibility index (Phi) is 6.51. The van der Waals surface area contributed by atoms with Gasteiger partial charge in [0.15, 0.2) is 5.78 Å². The van der Waals surface area contributed by atoms with Crippen molar-refractivity contribution in [3.63, 3.8) is 0 Å². The molecule has 0 aliphatic heterocycles. The molecule has 0 aliphatic rings. The standard InChI is InChI=1S/C17H21N3O4/c1-2-24-14-5-3-12(4-6-14)16(21)7-8-19-15(17(22)23)9-13-10-18-11-20-13/h3-6,10-11,15,19H,2,7-9H2,1H3,(H,18,20)(H,22,23)/t15-/m1/s1. The first-order valence-corrected chi connectivity index (χ1v) is 7.79. The number of ether oxygens (including phenoxy) is 1. The Labute approximate surface area is 140 Å². The van der Waals surface area contributed by atoms with E-state index in [-0.39, 0.29) is 25.2 Å². The van der Waals surface area contributed by atoms with Gasteiger partial charge in [0.25, 0.3) is 0 Å². The minimum atomic E-state index is -0.960. The summed E-state index contributed by atoms with van der Waals surface area (Å²) in [4.78, 5) is 30.1. The summed E-state index contributed by atoms with van der Waals surface area (Å²) in [5.74, 6) is -0.285. The average Bonchev–Trinajstić information content (AvgIpc) is 3.07. The zero-order chi connectivity index (χ0) is 17.4. The number of H-pyrrole nitrogens is 1. The van der Waals surface area contributed by atoms with E-state index in [1.54, 1.807) is 30.5 Å². The number of nitrogens with one attached hydrogen (secondary N) is 2. The first-order chi connectivity index (χ1) is 11.6. The highest BCUT2D eigenvalue weighted by molar-refractivity contribution is 5.96. The number of hydrogen-bond acceptors (Lipinski definition) is 5. The molecule has 1 heterocycles. The number of nitrogens with zero attached hydrogens (tertiary/aromatic N) is 1. The van der Waals surface area contributed by atoms with Crippen molar-refractivity contribution in [2.24, 2.45) is 0 Å². The predicted molar refractivity (Wildman–Crippen MR) is 88.3 cm³/mol. The number of benzene rings is 1. The lowest BCUT2D eigenvalue weighted by molar-refractivity contribution is -0.139. The Morgan fingerprint density at radius 3 is 2.67 bits per heavy atom. The quantitative estimate of drug-likeness (QED) is 0.572. The molecule has 0 amide bonds. The monoisotopic (exact) mass is 331 g/mol. The van der Waals surface area contributed by atoms with E-state index in [1.165, 1.54) is 6.33 Å². The third-order valence-corrected chi connectivity index (χ3v) is 3.51. The van der Waals surface area contributed by atoms with Crippen molar-refractivity contribution < 1.29 is 19.4 Å². The van der Waals surface area contributed by atoms with E-state index in [0.29, 0.717) is 12.2 Å². The van der Waals surface area contributed by atoms with Crippen molar-refractivity contribution in [3.8, 4) is 5.75 Å². The van der Waals surface area contributed by atoms with Crippen molar-refractivity contribution in [1.29, 1.82) is 0 Å². The molecule has 0 fully saturated rings. The largest absolute Gasteiger partial charge is 0.494 e. The van der Waals surface area contributed by atoms with E-state index in [0.717, 1.165) is 11.4 Å². The molecule has 0 saturated carbocycles. The number of carbonyl (C=O) groups excluding carboxylic acids is 1. The molecule has 0 spiro atoms. The van der Waals surface area contributed by atoms with E-state index >= 15 is 0 Å². The smallest absolute Gasteiger partial charge is 0.321 e. The summed E-state index contributed by atoms with van der Waals surface area (Å²) < 4.78 is 5.33. The molecule has 0 bridgehead atoms. The molecule has 2 rings (SSSR count). The van der Waals surface area contributed by atoms with Crippen LogP contribution < -0.4 is 10.1 Å².